The number of allylic oxidation sites excluding steroid dienone is 2. The summed E-state index contributed by atoms with van der Waals surface area (Å²) < 4.78 is 0.417. The van der Waals surface area contributed by atoms with Gasteiger partial charge >= 0.3 is 5.97 Å². The molecule has 4 nitrogen and oxygen atoms in total. The molecule has 2 unspecified atom stereocenters. The summed E-state index contributed by atoms with van der Waals surface area (Å²) in [7, 11) is 0. The fourth-order valence-electron chi connectivity index (χ4n) is 3.06. The third kappa shape index (κ3) is 4.16. The number of carboxylic acids is 1. The summed E-state index contributed by atoms with van der Waals surface area (Å²) in [5, 5.41) is 12.2. The Labute approximate surface area is 150 Å². The van der Waals surface area contributed by atoms with Gasteiger partial charge in [-0.15, -0.1) is 23.5 Å². The van der Waals surface area contributed by atoms with Gasteiger partial charge in [0.1, 0.15) is 0 Å². The van der Waals surface area contributed by atoms with Crippen LogP contribution in [0.1, 0.15) is 29.4 Å². The van der Waals surface area contributed by atoms with Crippen molar-refractivity contribution in [1.82, 2.24) is 0 Å². The quantitative estimate of drug-likeness (QED) is 0.786. The molecule has 1 saturated heterocycles. The summed E-state index contributed by atoms with van der Waals surface area (Å²) in [5.41, 5.74) is 1.96. The van der Waals surface area contributed by atoms with Gasteiger partial charge in [-0.2, -0.15) is 0 Å². The number of hydrogen-bond donors (Lipinski definition) is 2. The molecule has 6 heteroatoms. The van der Waals surface area contributed by atoms with Gasteiger partial charge < -0.3 is 10.4 Å². The van der Waals surface area contributed by atoms with Crippen LogP contribution in [0.2, 0.25) is 0 Å². The molecule has 1 aromatic carbocycles. The number of benzene rings is 1. The molecule has 2 aliphatic rings. The molecule has 2 atom stereocenters. The first-order chi connectivity index (χ1) is 11.6. The monoisotopic (exact) mass is 363 g/mol. The molecule has 0 aromatic heterocycles. The molecule has 128 valence electrons. The van der Waals surface area contributed by atoms with E-state index in [0.717, 1.165) is 5.69 Å². The lowest BCUT2D eigenvalue weighted by Crippen LogP contribution is -2.34. The van der Waals surface area contributed by atoms with E-state index in [4.69, 9.17) is 0 Å². The highest BCUT2D eigenvalue weighted by molar-refractivity contribution is 8.16. The first kappa shape index (κ1) is 17.4. The van der Waals surface area contributed by atoms with Crippen LogP contribution in [0.4, 0.5) is 5.69 Å². The normalized spacial score (nSPS) is 24.5. The van der Waals surface area contributed by atoms with Crippen LogP contribution in [0.15, 0.2) is 36.4 Å². The molecule has 0 saturated carbocycles. The molecule has 1 heterocycles. The topological polar surface area (TPSA) is 66.4 Å². The minimum Gasteiger partial charge on any atom is -0.481 e. The zero-order valence-electron chi connectivity index (χ0n) is 13.3. The van der Waals surface area contributed by atoms with E-state index >= 15 is 0 Å². The Balaban J connectivity index is 1.69. The number of nitrogens with one attached hydrogen (secondary N) is 1. The van der Waals surface area contributed by atoms with Crippen molar-refractivity contribution in [2.45, 2.75) is 23.8 Å². The smallest absolute Gasteiger partial charge is 0.307 e. The number of rotatable bonds is 4. The fraction of sp³-hybridized carbons (Fsp3) is 0.444. The van der Waals surface area contributed by atoms with Crippen LogP contribution in [-0.4, -0.2) is 28.5 Å². The van der Waals surface area contributed by atoms with Crippen LogP contribution in [0.5, 0.6) is 0 Å². The lowest BCUT2D eigenvalue weighted by Gasteiger charge is -2.25. The molecule has 0 spiro atoms. The molecule has 0 radical (unpaired) electrons. The average molecular weight is 364 g/mol. The molecule has 1 aromatic rings. The Bertz CT molecular complexity index is 641. The molecule has 0 bridgehead atoms. The van der Waals surface area contributed by atoms with Crippen LogP contribution in [0.3, 0.4) is 0 Å². The second-order valence-corrected chi connectivity index (χ2v) is 8.76. The summed E-state index contributed by atoms with van der Waals surface area (Å²) in [5.74, 6) is 0.0969. The summed E-state index contributed by atoms with van der Waals surface area (Å²) >= 11 is 3.88. The number of amides is 1. The molecule has 1 aliphatic carbocycles. The Hall–Kier alpha value is -1.40. The van der Waals surface area contributed by atoms with Gasteiger partial charge in [-0.1, -0.05) is 24.3 Å². The second kappa shape index (κ2) is 8.12. The molecular formula is C18H21NO3S2. The van der Waals surface area contributed by atoms with Crippen molar-refractivity contribution in [1.29, 1.82) is 0 Å². The SMILES string of the molecule is O=C(O)C1CC=CCC1C(=O)Nc1cccc(C2SCCCS2)c1. The minimum atomic E-state index is -0.900. The van der Waals surface area contributed by atoms with Gasteiger partial charge in [-0.25, -0.2) is 0 Å². The summed E-state index contributed by atoms with van der Waals surface area (Å²) in [6.45, 7) is 0. The van der Waals surface area contributed by atoms with Crippen molar-refractivity contribution in [3.63, 3.8) is 0 Å². The van der Waals surface area contributed by atoms with Gasteiger partial charge in [0.15, 0.2) is 0 Å². The fourth-order valence-corrected chi connectivity index (χ4v) is 5.93. The maximum Gasteiger partial charge on any atom is 0.307 e. The minimum absolute atomic E-state index is 0.201. The van der Waals surface area contributed by atoms with E-state index < -0.39 is 17.8 Å². The highest BCUT2D eigenvalue weighted by atomic mass is 32.2. The second-order valence-electron chi connectivity index (χ2n) is 6.04. The highest BCUT2D eigenvalue weighted by Gasteiger charge is 2.34. The van der Waals surface area contributed by atoms with Gasteiger partial charge in [0.05, 0.1) is 16.4 Å². The molecular weight excluding hydrogens is 342 g/mol. The van der Waals surface area contributed by atoms with Gasteiger partial charge in [0.25, 0.3) is 0 Å². The maximum atomic E-state index is 12.6. The van der Waals surface area contributed by atoms with Crippen molar-refractivity contribution in [2.75, 3.05) is 16.8 Å². The van der Waals surface area contributed by atoms with Gasteiger partial charge in [0.2, 0.25) is 5.91 Å². The van der Waals surface area contributed by atoms with E-state index in [9.17, 15) is 14.7 Å². The zero-order valence-corrected chi connectivity index (χ0v) is 14.9. The Morgan fingerprint density at radius 2 is 1.79 bits per heavy atom. The van der Waals surface area contributed by atoms with Crippen molar-refractivity contribution in [2.24, 2.45) is 11.8 Å². The lowest BCUT2D eigenvalue weighted by molar-refractivity contribution is -0.146. The van der Waals surface area contributed by atoms with Crippen molar-refractivity contribution in [3.8, 4) is 0 Å². The van der Waals surface area contributed by atoms with E-state index in [2.05, 4.69) is 11.4 Å². The van der Waals surface area contributed by atoms with Crippen molar-refractivity contribution >= 4 is 41.1 Å². The van der Waals surface area contributed by atoms with Crippen LogP contribution in [-0.2, 0) is 9.59 Å². The van der Waals surface area contributed by atoms with E-state index in [1.807, 2.05) is 53.9 Å². The molecule has 1 aliphatic heterocycles. The van der Waals surface area contributed by atoms with Gasteiger partial charge in [0, 0.05) is 5.69 Å². The third-order valence-corrected chi connectivity index (χ3v) is 7.35. The number of carbonyl (C=O) groups excluding carboxylic acids is 1. The predicted octanol–water partition coefficient (Wildman–Crippen LogP) is 4.16. The lowest BCUT2D eigenvalue weighted by atomic mass is 9.82. The van der Waals surface area contributed by atoms with E-state index in [1.54, 1.807) is 0 Å². The van der Waals surface area contributed by atoms with Crippen LogP contribution >= 0.6 is 23.5 Å². The third-order valence-electron chi connectivity index (χ3n) is 4.34. The van der Waals surface area contributed by atoms with E-state index in [1.165, 1.54) is 23.5 Å². The van der Waals surface area contributed by atoms with Crippen LogP contribution in [0, 0.1) is 11.8 Å². The van der Waals surface area contributed by atoms with E-state index in [0.29, 0.717) is 17.4 Å². The Morgan fingerprint density at radius 1 is 1.08 bits per heavy atom. The molecule has 1 fully saturated rings. The predicted molar refractivity (Wildman–Crippen MR) is 100 cm³/mol. The number of aliphatic carboxylic acids is 1. The number of thioether (sulfide) groups is 2. The largest absolute Gasteiger partial charge is 0.481 e. The number of anilines is 1. The molecule has 24 heavy (non-hydrogen) atoms. The van der Waals surface area contributed by atoms with Crippen molar-refractivity contribution < 1.29 is 14.7 Å². The number of hydrogen-bond acceptors (Lipinski definition) is 4. The number of carbonyl (C=O) groups is 2. The number of carboxylic acid groups (broad SMARTS) is 1. The average Bonchev–Trinajstić information content (AvgIpc) is 2.62. The van der Waals surface area contributed by atoms with Gasteiger partial charge in [-0.05, 0) is 48.5 Å². The zero-order chi connectivity index (χ0) is 16.9. The molecule has 3 rings (SSSR count). The van der Waals surface area contributed by atoms with Gasteiger partial charge in [-0.3, -0.25) is 9.59 Å². The molecule has 2 N–H and O–H groups in total. The summed E-state index contributed by atoms with van der Waals surface area (Å²) in [4.78, 5) is 23.9. The molecule has 1 amide bonds. The van der Waals surface area contributed by atoms with Crippen molar-refractivity contribution in [3.05, 3.63) is 42.0 Å². The first-order valence-electron chi connectivity index (χ1n) is 8.17. The maximum absolute atomic E-state index is 12.6. The first-order valence-corrected chi connectivity index (χ1v) is 10.3. The highest BCUT2D eigenvalue weighted by Crippen LogP contribution is 2.44. The van der Waals surface area contributed by atoms with Crippen LogP contribution < -0.4 is 5.32 Å². The summed E-state index contributed by atoms with van der Waals surface area (Å²) in [6.07, 6.45) is 5.89. The van der Waals surface area contributed by atoms with E-state index in [-0.39, 0.29) is 5.91 Å². The summed E-state index contributed by atoms with van der Waals surface area (Å²) in [6, 6.07) is 7.93. The Kier molecular flexibility index (Phi) is 5.89. The standard InChI is InChI=1S/C18H21NO3S2/c20-16(14-7-1-2-8-15(14)17(21)22)19-13-6-3-5-12(11-13)18-23-9-4-10-24-18/h1-3,5-6,11,14-15,18H,4,7-10H2,(H,19,20)(H,21,22). The van der Waals surface area contributed by atoms with Crippen LogP contribution in [0.25, 0.3) is 0 Å². The Morgan fingerprint density at radius 3 is 2.50 bits per heavy atom.